The van der Waals surface area contributed by atoms with E-state index in [9.17, 15) is 9.59 Å². The molecule has 37 heavy (non-hydrogen) atoms. The number of carbonyl (C=O) groups excluding carboxylic acids is 1. The van der Waals surface area contributed by atoms with Crippen LogP contribution in [0.1, 0.15) is 50.5 Å². The molecule has 1 heterocycles. The van der Waals surface area contributed by atoms with Crippen molar-refractivity contribution in [3.63, 3.8) is 0 Å². The first-order valence-corrected chi connectivity index (χ1v) is 13.6. The summed E-state index contributed by atoms with van der Waals surface area (Å²) in [4.78, 5) is 34.4. The number of benzene rings is 3. The Balaban J connectivity index is 1.90. The number of anilines is 1. The highest BCUT2D eigenvalue weighted by Gasteiger charge is 2.29. The fourth-order valence-electron chi connectivity index (χ4n) is 4.50. The third-order valence-electron chi connectivity index (χ3n) is 6.39. The molecule has 0 fully saturated rings. The van der Waals surface area contributed by atoms with Gasteiger partial charge in [0.15, 0.2) is 0 Å². The number of carbonyl (C=O) groups is 1. The topological polar surface area (TPSA) is 67.2 Å². The van der Waals surface area contributed by atoms with Crippen molar-refractivity contribution in [2.75, 3.05) is 11.9 Å². The molecule has 1 aromatic heterocycles. The van der Waals surface area contributed by atoms with Crippen molar-refractivity contribution in [2.24, 2.45) is 0 Å². The molecule has 0 radical (unpaired) electrons. The number of hydrogen-bond acceptors (Lipinski definition) is 3. The third-order valence-corrected chi connectivity index (χ3v) is 7.32. The van der Waals surface area contributed by atoms with Crippen molar-refractivity contribution in [2.45, 2.75) is 46.1 Å². The molecule has 1 unspecified atom stereocenters. The maximum Gasteiger partial charge on any atom is 0.322 e. The molecule has 0 saturated heterocycles. The van der Waals surface area contributed by atoms with Gasteiger partial charge in [-0.1, -0.05) is 56.1 Å². The van der Waals surface area contributed by atoms with Crippen molar-refractivity contribution in [1.29, 1.82) is 0 Å². The van der Waals surface area contributed by atoms with Crippen LogP contribution in [-0.2, 0) is 0 Å². The van der Waals surface area contributed by atoms with Crippen LogP contribution >= 0.6 is 27.5 Å². The summed E-state index contributed by atoms with van der Waals surface area (Å²) < 4.78 is 2.44. The van der Waals surface area contributed by atoms with Crippen molar-refractivity contribution in [1.82, 2.24) is 14.5 Å². The molecule has 0 aliphatic carbocycles. The predicted octanol–water partition coefficient (Wildman–Crippen LogP) is 7.90. The number of unbranched alkanes of at least 4 members (excludes halogenated alkanes) is 1. The molecule has 0 bridgehead atoms. The van der Waals surface area contributed by atoms with Gasteiger partial charge >= 0.3 is 6.03 Å². The van der Waals surface area contributed by atoms with E-state index in [2.05, 4.69) is 28.2 Å². The lowest BCUT2D eigenvalue weighted by Crippen LogP contribution is -2.41. The van der Waals surface area contributed by atoms with Crippen LogP contribution < -0.4 is 10.9 Å². The minimum Gasteiger partial charge on any atom is -0.314 e. The Morgan fingerprint density at radius 1 is 1.11 bits per heavy atom. The van der Waals surface area contributed by atoms with E-state index in [0.29, 0.717) is 46.1 Å². The maximum absolute atomic E-state index is 13.9. The van der Waals surface area contributed by atoms with Crippen LogP contribution in [0.2, 0.25) is 5.02 Å². The van der Waals surface area contributed by atoms with Crippen LogP contribution in [0.4, 0.5) is 10.5 Å². The van der Waals surface area contributed by atoms with Crippen LogP contribution in [0, 0.1) is 6.92 Å². The fourth-order valence-corrected chi connectivity index (χ4v) is 5.11. The van der Waals surface area contributed by atoms with E-state index in [0.717, 1.165) is 22.9 Å². The van der Waals surface area contributed by atoms with Crippen LogP contribution in [0.3, 0.4) is 0 Å². The van der Waals surface area contributed by atoms with Gasteiger partial charge in [-0.15, -0.1) is 0 Å². The molecule has 0 aliphatic heterocycles. The minimum absolute atomic E-state index is 0.175. The van der Waals surface area contributed by atoms with Crippen LogP contribution in [0.5, 0.6) is 0 Å². The first-order chi connectivity index (χ1) is 17.8. The van der Waals surface area contributed by atoms with Crippen molar-refractivity contribution in [3.05, 3.63) is 98.0 Å². The van der Waals surface area contributed by atoms with E-state index >= 15 is 0 Å². The number of aromatic nitrogens is 2. The molecular weight excluding hydrogens is 552 g/mol. The quantitative estimate of drug-likeness (QED) is 0.230. The molecule has 6 nitrogen and oxygen atoms in total. The van der Waals surface area contributed by atoms with Gasteiger partial charge in [0, 0.05) is 16.0 Å². The molecule has 2 amide bonds. The smallest absolute Gasteiger partial charge is 0.314 e. The number of aryl methyl sites for hydroxylation is 1. The van der Waals surface area contributed by atoms with E-state index in [1.54, 1.807) is 21.6 Å². The van der Waals surface area contributed by atoms with Gasteiger partial charge in [-0.25, -0.2) is 9.78 Å². The summed E-state index contributed by atoms with van der Waals surface area (Å²) in [7, 11) is 0. The Bertz CT molecular complexity index is 1490. The zero-order chi connectivity index (χ0) is 26.5. The second kappa shape index (κ2) is 11.9. The monoisotopic (exact) mass is 580 g/mol. The molecular formula is C29H30BrClN4O2. The highest BCUT2D eigenvalue weighted by atomic mass is 79.9. The van der Waals surface area contributed by atoms with Gasteiger partial charge in [-0.3, -0.25) is 9.36 Å². The molecule has 0 spiro atoms. The Morgan fingerprint density at radius 3 is 2.54 bits per heavy atom. The summed E-state index contributed by atoms with van der Waals surface area (Å²) in [5, 5.41) is 4.15. The van der Waals surface area contributed by atoms with Gasteiger partial charge in [-0.2, -0.15) is 0 Å². The molecule has 4 rings (SSSR count). The number of urea groups is 1. The van der Waals surface area contributed by atoms with Gasteiger partial charge in [0.2, 0.25) is 0 Å². The molecule has 8 heteroatoms. The van der Waals surface area contributed by atoms with Crippen LogP contribution in [0.25, 0.3) is 16.6 Å². The van der Waals surface area contributed by atoms with E-state index in [1.165, 1.54) is 0 Å². The standard InChI is InChI=1S/C29H30BrClN4O2/c1-4-6-17-34(29(37)33-24-14-10-8-12-22(24)30)25(5-2)27-32-23-13-9-7-11-21(23)28(36)35(27)26-16-15-20(31)18-19(26)3/h7-16,18,25H,4-6,17H2,1-3H3,(H,33,37). The van der Waals surface area contributed by atoms with Crippen molar-refractivity contribution < 1.29 is 4.79 Å². The summed E-state index contributed by atoms with van der Waals surface area (Å²) in [6.45, 7) is 6.54. The Kier molecular flexibility index (Phi) is 8.67. The lowest BCUT2D eigenvalue weighted by atomic mass is 10.1. The number of rotatable bonds is 8. The van der Waals surface area contributed by atoms with Gasteiger partial charge in [0.1, 0.15) is 5.82 Å². The second-order valence-corrected chi connectivity index (χ2v) is 10.2. The Morgan fingerprint density at radius 2 is 1.84 bits per heavy atom. The predicted molar refractivity (Wildman–Crippen MR) is 155 cm³/mol. The van der Waals surface area contributed by atoms with Crippen LogP contribution in [0.15, 0.2) is 76.0 Å². The number of fused-ring (bicyclic) bond motifs is 1. The highest BCUT2D eigenvalue weighted by Crippen LogP contribution is 2.30. The first kappa shape index (κ1) is 26.9. The molecule has 0 aliphatic rings. The summed E-state index contributed by atoms with van der Waals surface area (Å²) >= 11 is 9.76. The summed E-state index contributed by atoms with van der Waals surface area (Å²) in [5.41, 5.74) is 2.65. The van der Waals surface area contributed by atoms with E-state index in [-0.39, 0.29) is 11.6 Å². The second-order valence-electron chi connectivity index (χ2n) is 8.94. The fraction of sp³-hybridized carbons (Fsp3) is 0.276. The Hall–Kier alpha value is -3.16. The normalized spacial score (nSPS) is 11.9. The summed E-state index contributed by atoms with van der Waals surface area (Å²) in [5.74, 6) is 0.523. The molecule has 3 aromatic carbocycles. The molecule has 1 N–H and O–H groups in total. The van der Waals surface area contributed by atoms with E-state index < -0.39 is 6.04 Å². The average Bonchev–Trinajstić information content (AvgIpc) is 2.88. The zero-order valence-electron chi connectivity index (χ0n) is 21.2. The number of amides is 2. The van der Waals surface area contributed by atoms with E-state index in [1.807, 2.05) is 68.4 Å². The van der Waals surface area contributed by atoms with Crippen molar-refractivity contribution >= 4 is 50.2 Å². The molecule has 0 saturated carbocycles. The first-order valence-electron chi connectivity index (χ1n) is 12.5. The lowest BCUT2D eigenvalue weighted by Gasteiger charge is -2.32. The van der Waals surface area contributed by atoms with Gasteiger partial charge in [0.25, 0.3) is 5.56 Å². The van der Waals surface area contributed by atoms with Gasteiger partial charge < -0.3 is 10.2 Å². The maximum atomic E-state index is 13.9. The largest absolute Gasteiger partial charge is 0.322 e. The highest BCUT2D eigenvalue weighted by molar-refractivity contribution is 9.10. The third kappa shape index (κ3) is 5.73. The van der Waals surface area contributed by atoms with Crippen molar-refractivity contribution in [3.8, 4) is 5.69 Å². The zero-order valence-corrected chi connectivity index (χ0v) is 23.5. The Labute approximate surface area is 230 Å². The SMILES string of the molecule is CCCCN(C(=O)Nc1ccccc1Br)C(CC)c1nc2ccccc2c(=O)n1-c1ccc(Cl)cc1C. The molecule has 4 aromatic rings. The lowest BCUT2D eigenvalue weighted by molar-refractivity contribution is 0.180. The summed E-state index contributed by atoms with van der Waals surface area (Å²) in [6.07, 6.45) is 2.31. The van der Waals surface area contributed by atoms with Gasteiger partial charge in [0.05, 0.1) is 28.3 Å². The number of hydrogen-bond donors (Lipinski definition) is 1. The summed E-state index contributed by atoms with van der Waals surface area (Å²) in [6, 6.07) is 19.6. The van der Waals surface area contributed by atoms with Gasteiger partial charge in [-0.05, 0) is 83.7 Å². The number of nitrogens with one attached hydrogen (secondary N) is 1. The average molecular weight is 582 g/mol. The minimum atomic E-state index is -0.443. The molecule has 1 atom stereocenters. The number of nitrogens with zero attached hydrogens (tertiary/aromatic N) is 3. The van der Waals surface area contributed by atoms with Crippen LogP contribution in [-0.4, -0.2) is 27.0 Å². The van der Waals surface area contributed by atoms with E-state index in [4.69, 9.17) is 16.6 Å². The number of para-hydroxylation sites is 2. The number of halogens is 2. The molecule has 192 valence electrons.